The van der Waals surface area contributed by atoms with Gasteiger partial charge in [-0.25, -0.2) is 0 Å². The van der Waals surface area contributed by atoms with Gasteiger partial charge in [-0.3, -0.25) is 0 Å². The Morgan fingerprint density at radius 3 is 2.30 bits per heavy atom. The summed E-state index contributed by atoms with van der Waals surface area (Å²) in [7, 11) is 0. The fraction of sp³-hybridized carbons (Fsp3) is 0.647. The molecule has 0 spiro atoms. The van der Waals surface area contributed by atoms with Crippen molar-refractivity contribution in [2.24, 2.45) is 0 Å². The monoisotopic (exact) mass is 427 g/mol. The Balaban J connectivity index is 1.98. The topological polar surface area (TPSA) is 45.7 Å². The summed E-state index contributed by atoms with van der Waals surface area (Å²) in [4.78, 5) is 28.0. The Morgan fingerprint density at radius 2 is 1.78 bits per heavy atom. The Kier molecular flexibility index (Phi) is 5.48. The molecule has 1 amide bonds. The Morgan fingerprint density at radius 1 is 1.17 bits per heavy atom. The molecule has 2 rings (SSSR count). The van der Waals surface area contributed by atoms with Crippen LogP contribution in [0.1, 0.15) is 20.8 Å². The van der Waals surface area contributed by atoms with E-state index in [9.17, 15) is 4.79 Å². The van der Waals surface area contributed by atoms with E-state index < -0.39 is 24.0 Å². The fourth-order valence-corrected chi connectivity index (χ4v) is 5.48. The van der Waals surface area contributed by atoms with Crippen molar-refractivity contribution in [2.45, 2.75) is 41.2 Å². The maximum atomic E-state index is 12.1. The van der Waals surface area contributed by atoms with Crippen molar-refractivity contribution in [3.8, 4) is 0 Å². The van der Waals surface area contributed by atoms with Crippen molar-refractivity contribution in [3.05, 3.63) is 18.3 Å². The number of pyridine rings is 1. The first-order chi connectivity index (χ1) is 10.6. The quantitative estimate of drug-likeness (QED) is 0.683. The second kappa shape index (κ2) is 6.87. The zero-order chi connectivity index (χ0) is 17.3. The van der Waals surface area contributed by atoms with E-state index in [1.54, 1.807) is 4.90 Å². The molecular formula is C17H29N3O2Sn. The van der Waals surface area contributed by atoms with Crippen LogP contribution in [-0.4, -0.2) is 66.1 Å². The molecule has 128 valence electrons. The zero-order valence-corrected chi connectivity index (χ0v) is 18.1. The van der Waals surface area contributed by atoms with Crippen LogP contribution in [0.3, 0.4) is 0 Å². The molecule has 23 heavy (non-hydrogen) atoms. The van der Waals surface area contributed by atoms with Crippen LogP contribution in [0.2, 0.25) is 14.8 Å². The molecule has 0 saturated carbocycles. The summed E-state index contributed by atoms with van der Waals surface area (Å²) in [6.07, 6.45) is 1.71. The third-order valence-corrected chi connectivity index (χ3v) is 8.98. The Hall–Kier alpha value is -0.981. The van der Waals surface area contributed by atoms with E-state index >= 15 is 0 Å². The second-order valence-electron chi connectivity index (χ2n) is 8.10. The fourth-order valence-electron chi connectivity index (χ4n) is 2.50. The molecule has 0 radical (unpaired) electrons. The molecule has 5 nitrogen and oxygen atoms in total. The van der Waals surface area contributed by atoms with E-state index in [0.29, 0.717) is 13.1 Å². The summed E-state index contributed by atoms with van der Waals surface area (Å²) in [6, 6.07) is 4.32. The van der Waals surface area contributed by atoms with Crippen molar-refractivity contribution in [1.82, 2.24) is 9.88 Å². The summed E-state index contributed by atoms with van der Waals surface area (Å²) < 4.78 is 6.75. The molecule has 1 aliphatic heterocycles. The van der Waals surface area contributed by atoms with Crippen molar-refractivity contribution in [3.63, 3.8) is 0 Å². The molecule has 0 atom stereocenters. The number of carbonyl (C=O) groups is 1. The van der Waals surface area contributed by atoms with E-state index in [0.717, 1.165) is 13.1 Å². The van der Waals surface area contributed by atoms with Gasteiger partial charge in [0.05, 0.1) is 0 Å². The predicted octanol–water partition coefficient (Wildman–Crippen LogP) is 2.68. The Bertz CT molecular complexity index is 556. The number of nitrogens with zero attached hydrogens (tertiary/aromatic N) is 3. The first-order valence-electron chi connectivity index (χ1n) is 8.26. The van der Waals surface area contributed by atoms with Crippen LogP contribution in [0.15, 0.2) is 18.3 Å². The molecule has 0 aromatic carbocycles. The molecule has 1 aliphatic rings. The van der Waals surface area contributed by atoms with Crippen molar-refractivity contribution in [2.75, 3.05) is 31.1 Å². The number of hydrogen-bond acceptors (Lipinski definition) is 4. The minimum atomic E-state index is -2.15. The number of aromatic nitrogens is 1. The number of hydrogen-bond donors (Lipinski definition) is 0. The summed E-state index contributed by atoms with van der Waals surface area (Å²) in [5.74, 6) is 0. The number of amides is 1. The maximum absolute atomic E-state index is 12.1. The first-order valence-corrected chi connectivity index (χ1v) is 18.2. The molecule has 0 aliphatic carbocycles. The number of ether oxygens (including phenoxy) is 1. The van der Waals surface area contributed by atoms with E-state index in [1.165, 1.54) is 9.40 Å². The number of anilines is 1. The van der Waals surface area contributed by atoms with Crippen LogP contribution in [0, 0.1) is 0 Å². The van der Waals surface area contributed by atoms with E-state index in [-0.39, 0.29) is 6.09 Å². The average Bonchev–Trinajstić information content (AvgIpc) is 2.45. The van der Waals surface area contributed by atoms with Crippen LogP contribution in [0.5, 0.6) is 0 Å². The molecule has 1 aromatic rings. The molecule has 0 N–H and O–H groups in total. The van der Waals surface area contributed by atoms with E-state index in [4.69, 9.17) is 4.74 Å². The van der Waals surface area contributed by atoms with Gasteiger partial charge in [-0.1, -0.05) is 0 Å². The molecule has 2 heterocycles. The minimum absolute atomic E-state index is 0.210. The molecule has 1 saturated heterocycles. The van der Waals surface area contributed by atoms with Gasteiger partial charge in [-0.15, -0.1) is 0 Å². The number of piperazine rings is 1. The van der Waals surface area contributed by atoms with Gasteiger partial charge in [0.1, 0.15) is 0 Å². The van der Waals surface area contributed by atoms with Gasteiger partial charge in [-0.05, 0) is 0 Å². The standard InChI is InChI=1S/C14H20N3O2.3CH3.Sn/c1-14(2,3)19-13(18)17-10-8-16(9-11-17)12-4-6-15-7-5-12;;;;/h4-6H,8-11H2,1-3H3;3*1H3;. The van der Waals surface area contributed by atoms with Crippen molar-refractivity contribution in [1.29, 1.82) is 0 Å². The SMILES string of the molecule is CC(C)(C)OC(=O)N1CCN(c2ccn[c]([Sn]([CH3])([CH3])[CH3])c2)CC1. The summed E-state index contributed by atoms with van der Waals surface area (Å²) in [5.41, 5.74) is 0.791. The number of carbonyl (C=O) groups excluding carboxylic acids is 1. The van der Waals surface area contributed by atoms with Crippen LogP contribution in [0.4, 0.5) is 10.5 Å². The van der Waals surface area contributed by atoms with Crippen LogP contribution >= 0.6 is 0 Å². The van der Waals surface area contributed by atoms with Gasteiger partial charge in [0.2, 0.25) is 0 Å². The molecular weight excluding hydrogens is 397 g/mol. The molecule has 1 aromatic heterocycles. The predicted molar refractivity (Wildman–Crippen MR) is 97.2 cm³/mol. The van der Waals surface area contributed by atoms with Gasteiger partial charge in [0, 0.05) is 0 Å². The third-order valence-electron chi connectivity index (χ3n) is 3.81. The number of rotatable bonds is 2. The average molecular weight is 426 g/mol. The van der Waals surface area contributed by atoms with Crippen molar-refractivity contribution >= 4 is 33.9 Å². The van der Waals surface area contributed by atoms with Crippen LogP contribution in [0.25, 0.3) is 0 Å². The van der Waals surface area contributed by atoms with Gasteiger partial charge in [0.15, 0.2) is 0 Å². The summed E-state index contributed by atoms with van der Waals surface area (Å²) in [5, 5.41) is 0. The summed E-state index contributed by atoms with van der Waals surface area (Å²) in [6.45, 7) is 8.77. The van der Waals surface area contributed by atoms with Gasteiger partial charge in [-0.2, -0.15) is 0 Å². The van der Waals surface area contributed by atoms with Gasteiger partial charge < -0.3 is 0 Å². The molecule has 1 fully saturated rings. The first kappa shape index (κ1) is 18.4. The van der Waals surface area contributed by atoms with Crippen molar-refractivity contribution < 1.29 is 9.53 Å². The third kappa shape index (κ3) is 5.26. The van der Waals surface area contributed by atoms with Gasteiger partial charge >= 0.3 is 144 Å². The zero-order valence-electron chi connectivity index (χ0n) is 15.2. The molecule has 0 bridgehead atoms. The van der Waals surface area contributed by atoms with Crippen LogP contribution < -0.4 is 8.61 Å². The van der Waals surface area contributed by atoms with E-state index in [2.05, 4.69) is 36.8 Å². The van der Waals surface area contributed by atoms with Crippen LogP contribution in [-0.2, 0) is 4.74 Å². The Labute approximate surface area is 143 Å². The summed E-state index contributed by atoms with van der Waals surface area (Å²) >= 11 is -2.15. The second-order valence-corrected chi connectivity index (χ2v) is 22.4. The molecule has 6 heteroatoms. The van der Waals surface area contributed by atoms with E-state index in [1.807, 2.05) is 27.0 Å². The molecule has 0 unspecified atom stereocenters. The van der Waals surface area contributed by atoms with Gasteiger partial charge in [0.25, 0.3) is 0 Å². The normalized spacial score (nSPS) is 16.4.